The molecule has 0 aliphatic rings. The Kier molecular flexibility index (Phi) is 16.6. The molecule has 0 fully saturated rings. The Balaban J connectivity index is 4.08. The van der Waals surface area contributed by atoms with Gasteiger partial charge in [-0.05, 0) is 32.1 Å². The average molecular weight is 395 g/mol. The summed E-state index contributed by atoms with van der Waals surface area (Å²) in [7, 11) is 0. The molecule has 0 unspecified atom stereocenters. The van der Waals surface area contributed by atoms with Gasteiger partial charge in [0.1, 0.15) is 0 Å². The molecule has 162 valence electrons. The molecule has 0 saturated carbocycles. The van der Waals surface area contributed by atoms with Crippen molar-refractivity contribution in [3.8, 4) is 11.8 Å². The van der Waals surface area contributed by atoms with Crippen molar-refractivity contribution in [3.05, 3.63) is 0 Å². The molecule has 0 rings (SSSR count). The summed E-state index contributed by atoms with van der Waals surface area (Å²) in [5.74, 6) is 5.41. The zero-order valence-corrected chi connectivity index (χ0v) is 18.7. The standard InChI is InChI=1S/C24H42O4/c1-5-9-11-12-13-14-15-16-17-19-21-28-23(26)24(7-3,8-4)22(25)27-20-18-10-6-2/h5-8,10,12-21H2,1-4H3. The molecule has 4 nitrogen and oxygen atoms in total. The predicted molar refractivity (Wildman–Crippen MR) is 115 cm³/mol. The lowest BCUT2D eigenvalue weighted by Gasteiger charge is -2.27. The Labute approximate surface area is 173 Å². The summed E-state index contributed by atoms with van der Waals surface area (Å²) in [4.78, 5) is 25.1. The number of carbonyl (C=O) groups is 2. The molecule has 0 aromatic rings. The molecular weight excluding hydrogens is 352 g/mol. The number of ether oxygens (including phenoxy) is 2. The van der Waals surface area contributed by atoms with Crippen LogP contribution in [0, 0.1) is 17.3 Å². The van der Waals surface area contributed by atoms with Crippen molar-refractivity contribution >= 4 is 11.9 Å². The Morgan fingerprint density at radius 3 is 1.68 bits per heavy atom. The maximum absolute atomic E-state index is 12.6. The second kappa shape index (κ2) is 17.6. The highest BCUT2D eigenvalue weighted by atomic mass is 16.6. The van der Waals surface area contributed by atoms with Crippen LogP contribution in [-0.2, 0) is 19.1 Å². The molecule has 0 N–H and O–H groups in total. The maximum atomic E-state index is 12.6. The largest absolute Gasteiger partial charge is 0.465 e. The number of carbonyl (C=O) groups excluding carboxylic acids is 2. The van der Waals surface area contributed by atoms with Crippen molar-refractivity contribution in [1.82, 2.24) is 0 Å². The van der Waals surface area contributed by atoms with Crippen LogP contribution in [0.5, 0.6) is 0 Å². The quantitative estimate of drug-likeness (QED) is 0.135. The number of rotatable bonds is 16. The Morgan fingerprint density at radius 1 is 0.679 bits per heavy atom. The molecule has 0 atom stereocenters. The van der Waals surface area contributed by atoms with Crippen LogP contribution in [-0.4, -0.2) is 25.2 Å². The fourth-order valence-corrected chi connectivity index (χ4v) is 3.10. The summed E-state index contributed by atoms with van der Waals surface area (Å²) in [5, 5.41) is 0. The SMILES string of the molecule is CCC#CCCCCCCCCOC(=O)C(CC)(CC)C(=O)OCCCCC. The summed E-state index contributed by atoms with van der Waals surface area (Å²) in [6.07, 6.45) is 12.3. The third-order valence-corrected chi connectivity index (χ3v) is 5.20. The minimum Gasteiger partial charge on any atom is -0.465 e. The molecule has 0 saturated heterocycles. The van der Waals surface area contributed by atoms with E-state index < -0.39 is 17.4 Å². The van der Waals surface area contributed by atoms with Crippen molar-refractivity contribution in [2.75, 3.05) is 13.2 Å². The summed E-state index contributed by atoms with van der Waals surface area (Å²) in [5.41, 5.74) is -1.15. The molecule has 0 amide bonds. The molecule has 0 aliphatic heterocycles. The van der Waals surface area contributed by atoms with Gasteiger partial charge in [0, 0.05) is 12.8 Å². The van der Waals surface area contributed by atoms with Gasteiger partial charge in [-0.1, -0.05) is 66.2 Å². The van der Waals surface area contributed by atoms with E-state index in [4.69, 9.17) is 9.47 Å². The van der Waals surface area contributed by atoms with Crippen molar-refractivity contribution in [3.63, 3.8) is 0 Å². The van der Waals surface area contributed by atoms with Crippen molar-refractivity contribution in [1.29, 1.82) is 0 Å². The van der Waals surface area contributed by atoms with Crippen LogP contribution in [0.1, 0.15) is 111 Å². The van der Waals surface area contributed by atoms with Crippen LogP contribution in [0.15, 0.2) is 0 Å². The van der Waals surface area contributed by atoms with Crippen molar-refractivity contribution in [2.24, 2.45) is 5.41 Å². The van der Waals surface area contributed by atoms with E-state index >= 15 is 0 Å². The number of hydrogen-bond donors (Lipinski definition) is 0. The van der Waals surface area contributed by atoms with E-state index in [1.54, 1.807) is 0 Å². The van der Waals surface area contributed by atoms with Gasteiger partial charge in [-0.15, -0.1) is 11.8 Å². The Bertz CT molecular complexity index is 469. The molecule has 0 aromatic carbocycles. The zero-order chi connectivity index (χ0) is 21.1. The van der Waals surface area contributed by atoms with Gasteiger partial charge >= 0.3 is 11.9 Å². The first kappa shape index (κ1) is 26.5. The number of hydrogen-bond acceptors (Lipinski definition) is 4. The van der Waals surface area contributed by atoms with Gasteiger partial charge in [0.15, 0.2) is 5.41 Å². The predicted octanol–water partition coefficient (Wildman–Crippen LogP) is 6.21. The lowest BCUT2D eigenvalue weighted by Crippen LogP contribution is -2.41. The third-order valence-electron chi connectivity index (χ3n) is 5.20. The molecule has 0 radical (unpaired) electrons. The molecule has 28 heavy (non-hydrogen) atoms. The summed E-state index contributed by atoms with van der Waals surface area (Å²) in [6.45, 7) is 8.63. The fraction of sp³-hybridized carbons (Fsp3) is 0.833. The van der Waals surface area contributed by atoms with Crippen LogP contribution in [0.3, 0.4) is 0 Å². The van der Waals surface area contributed by atoms with Gasteiger partial charge in [-0.25, -0.2) is 0 Å². The van der Waals surface area contributed by atoms with E-state index in [0.717, 1.165) is 57.8 Å². The van der Waals surface area contributed by atoms with Crippen LogP contribution >= 0.6 is 0 Å². The molecule has 4 heteroatoms. The first-order chi connectivity index (χ1) is 13.6. The number of unbranched alkanes of at least 4 members (excludes halogenated alkanes) is 8. The van der Waals surface area contributed by atoms with E-state index in [1.165, 1.54) is 12.8 Å². The van der Waals surface area contributed by atoms with Gasteiger partial charge in [0.25, 0.3) is 0 Å². The van der Waals surface area contributed by atoms with E-state index in [2.05, 4.69) is 25.7 Å². The lowest BCUT2D eigenvalue weighted by atomic mass is 9.82. The highest BCUT2D eigenvalue weighted by Gasteiger charge is 2.45. The monoisotopic (exact) mass is 394 g/mol. The third kappa shape index (κ3) is 10.7. The average Bonchev–Trinajstić information content (AvgIpc) is 2.70. The minimum atomic E-state index is -1.15. The molecule has 0 bridgehead atoms. The first-order valence-corrected chi connectivity index (χ1v) is 11.4. The van der Waals surface area contributed by atoms with Gasteiger partial charge in [0.05, 0.1) is 13.2 Å². The van der Waals surface area contributed by atoms with E-state index in [-0.39, 0.29) is 0 Å². The van der Waals surface area contributed by atoms with Gasteiger partial charge < -0.3 is 9.47 Å². The van der Waals surface area contributed by atoms with Crippen LogP contribution in [0.4, 0.5) is 0 Å². The zero-order valence-electron chi connectivity index (χ0n) is 18.7. The van der Waals surface area contributed by atoms with Crippen LogP contribution in [0.25, 0.3) is 0 Å². The lowest BCUT2D eigenvalue weighted by molar-refractivity contribution is -0.173. The summed E-state index contributed by atoms with van der Waals surface area (Å²) < 4.78 is 10.8. The Morgan fingerprint density at radius 2 is 1.18 bits per heavy atom. The molecular formula is C24H42O4. The highest BCUT2D eigenvalue weighted by molar-refractivity contribution is 5.99. The van der Waals surface area contributed by atoms with Gasteiger partial charge in [-0.3, -0.25) is 9.59 Å². The number of esters is 2. The summed E-state index contributed by atoms with van der Waals surface area (Å²) >= 11 is 0. The Hall–Kier alpha value is -1.50. The fourth-order valence-electron chi connectivity index (χ4n) is 3.10. The smallest absolute Gasteiger partial charge is 0.323 e. The second-order valence-corrected chi connectivity index (χ2v) is 7.35. The topological polar surface area (TPSA) is 52.6 Å². The van der Waals surface area contributed by atoms with Gasteiger partial charge in [-0.2, -0.15) is 0 Å². The van der Waals surface area contributed by atoms with E-state index in [0.29, 0.717) is 26.1 Å². The normalized spacial score (nSPS) is 10.9. The van der Waals surface area contributed by atoms with E-state index in [1.807, 2.05) is 13.8 Å². The van der Waals surface area contributed by atoms with Gasteiger partial charge in [0.2, 0.25) is 0 Å². The molecule has 0 aliphatic carbocycles. The minimum absolute atomic E-state index is 0.381. The second-order valence-electron chi connectivity index (χ2n) is 7.35. The molecule has 0 aromatic heterocycles. The highest BCUT2D eigenvalue weighted by Crippen LogP contribution is 2.30. The van der Waals surface area contributed by atoms with Crippen LogP contribution in [0.2, 0.25) is 0 Å². The molecule has 0 spiro atoms. The maximum Gasteiger partial charge on any atom is 0.323 e. The first-order valence-electron chi connectivity index (χ1n) is 11.4. The van der Waals surface area contributed by atoms with E-state index in [9.17, 15) is 9.59 Å². The molecule has 0 heterocycles. The summed E-state index contributed by atoms with van der Waals surface area (Å²) in [6, 6.07) is 0. The van der Waals surface area contributed by atoms with Crippen molar-refractivity contribution in [2.45, 2.75) is 111 Å². The van der Waals surface area contributed by atoms with Crippen LogP contribution < -0.4 is 0 Å². The van der Waals surface area contributed by atoms with Crippen molar-refractivity contribution < 1.29 is 19.1 Å².